The Morgan fingerprint density at radius 2 is 0.783 bits per heavy atom. The van der Waals surface area contributed by atoms with Crippen LogP contribution in [0.5, 0.6) is 0 Å². The standard InChI is InChI=1S/2C8H8.2C5H8O2.2C4H6.2C3H3N/c2*1-2-8-6-4-3-5-7-8;2*1-4(2)5(6)7-3;2*1-3-4-2;2*1-2-3-4/h2*2-7H,1H2;2*1H2,2-3H3;2*3-4H,1-2H2;2*2H,1H2. The summed E-state index contributed by atoms with van der Waals surface area (Å²) in [6.07, 6.45) is 12.6. The molecule has 0 radical (unpaired) electrons. The fourth-order valence-electron chi connectivity index (χ4n) is 1.53. The molecule has 0 unspecified atom stereocenters. The number of hydrogen-bond acceptors (Lipinski definition) is 6. The Kier molecular flexibility index (Phi) is 55.2. The second-order valence-corrected chi connectivity index (χ2v) is 7.38. The Balaban J connectivity index is -0.000000101. The average Bonchev–Trinajstić information content (AvgIpc) is 3.12. The largest absolute Gasteiger partial charge is 0.466 e. The summed E-state index contributed by atoms with van der Waals surface area (Å²) in [5, 5.41) is 15.0. The lowest BCUT2D eigenvalue weighted by molar-refractivity contribution is -0.136. The maximum atomic E-state index is 10.2. The monoisotopic (exact) mass is 622 g/mol. The van der Waals surface area contributed by atoms with Gasteiger partial charge in [0.25, 0.3) is 0 Å². The van der Waals surface area contributed by atoms with E-state index in [0.717, 1.165) is 0 Å². The lowest BCUT2D eigenvalue weighted by atomic mass is 10.2. The van der Waals surface area contributed by atoms with E-state index in [0.29, 0.717) is 11.1 Å². The molecule has 0 aliphatic rings. The normalized spacial score (nSPS) is 6.83. The molecule has 2 aromatic carbocycles. The Labute approximate surface area is 278 Å². The topological polar surface area (TPSA) is 100 Å². The smallest absolute Gasteiger partial charge is 0.332 e. The molecule has 6 heteroatoms. The number of nitrogens with zero attached hydrogens (tertiary/aromatic N) is 2. The van der Waals surface area contributed by atoms with Crippen LogP contribution in [0.15, 0.2) is 174 Å². The van der Waals surface area contributed by atoms with Crippen molar-refractivity contribution >= 4 is 24.1 Å². The van der Waals surface area contributed by atoms with Gasteiger partial charge in [0, 0.05) is 23.3 Å². The summed E-state index contributed by atoms with van der Waals surface area (Å²) in [5.41, 5.74) is 3.21. The zero-order chi connectivity index (χ0) is 37.0. The van der Waals surface area contributed by atoms with E-state index in [1.165, 1.54) is 37.5 Å². The number of nitriles is 2. The van der Waals surface area contributed by atoms with E-state index in [1.807, 2.05) is 72.8 Å². The van der Waals surface area contributed by atoms with Gasteiger partial charge >= 0.3 is 11.9 Å². The van der Waals surface area contributed by atoms with E-state index in [4.69, 9.17) is 10.5 Å². The molecule has 2 rings (SSSR count). The van der Waals surface area contributed by atoms with Crippen LogP contribution in [0.2, 0.25) is 0 Å². The molecule has 0 aliphatic heterocycles. The fourth-order valence-corrected chi connectivity index (χ4v) is 1.53. The number of carbonyl (C=O) groups excluding carboxylic acids is 2. The minimum Gasteiger partial charge on any atom is -0.466 e. The second-order valence-electron chi connectivity index (χ2n) is 7.38. The van der Waals surface area contributed by atoms with E-state index in [-0.39, 0.29) is 11.9 Å². The van der Waals surface area contributed by atoms with Gasteiger partial charge in [-0.2, -0.15) is 10.5 Å². The highest BCUT2D eigenvalue weighted by molar-refractivity contribution is 5.87. The molecule has 0 N–H and O–H groups in total. The quantitative estimate of drug-likeness (QED) is 0.137. The van der Waals surface area contributed by atoms with Crippen molar-refractivity contribution in [1.82, 2.24) is 0 Å². The molecule has 6 nitrogen and oxygen atoms in total. The van der Waals surface area contributed by atoms with Crippen LogP contribution in [0.4, 0.5) is 0 Å². The molecule has 0 aliphatic carbocycles. The van der Waals surface area contributed by atoms with Gasteiger partial charge in [-0.25, -0.2) is 9.59 Å². The maximum Gasteiger partial charge on any atom is 0.332 e. The Hall–Kier alpha value is -6.24. The number of rotatable bonds is 6. The molecule has 0 saturated carbocycles. The van der Waals surface area contributed by atoms with Gasteiger partial charge < -0.3 is 9.47 Å². The highest BCUT2D eigenvalue weighted by Crippen LogP contribution is 1.98. The first kappa shape index (κ1) is 52.4. The van der Waals surface area contributed by atoms with Crippen molar-refractivity contribution in [1.29, 1.82) is 10.5 Å². The van der Waals surface area contributed by atoms with E-state index >= 15 is 0 Å². The third-order valence-electron chi connectivity index (χ3n) is 3.65. The van der Waals surface area contributed by atoms with Crippen LogP contribution in [0.1, 0.15) is 25.0 Å². The van der Waals surface area contributed by atoms with E-state index in [9.17, 15) is 9.59 Å². The first-order valence-electron chi connectivity index (χ1n) is 13.2. The van der Waals surface area contributed by atoms with E-state index < -0.39 is 0 Å². The molecule has 244 valence electrons. The highest BCUT2D eigenvalue weighted by Gasteiger charge is 1.96. The molecule has 0 aromatic heterocycles. The van der Waals surface area contributed by atoms with Gasteiger partial charge in [-0.05, 0) is 25.0 Å². The van der Waals surface area contributed by atoms with Crippen molar-refractivity contribution in [2.24, 2.45) is 0 Å². The van der Waals surface area contributed by atoms with Crippen molar-refractivity contribution in [3.63, 3.8) is 0 Å². The summed E-state index contributed by atoms with van der Waals surface area (Å²) >= 11 is 0. The van der Waals surface area contributed by atoms with Crippen LogP contribution in [0.3, 0.4) is 0 Å². The summed E-state index contributed by atoms with van der Waals surface area (Å²) < 4.78 is 8.55. The molecule has 0 atom stereocenters. The third-order valence-corrected chi connectivity index (χ3v) is 3.65. The molecule has 2 aromatic rings. The minimum atomic E-state index is -0.347. The summed E-state index contributed by atoms with van der Waals surface area (Å²) in [7, 11) is 2.66. The molecule has 0 heterocycles. The number of methoxy groups -OCH3 is 2. The molecular formula is C40H50N2O4. The predicted molar refractivity (Wildman–Crippen MR) is 199 cm³/mol. The van der Waals surface area contributed by atoms with Gasteiger partial charge in [-0.1, -0.05) is 163 Å². The van der Waals surface area contributed by atoms with Crippen molar-refractivity contribution in [2.45, 2.75) is 13.8 Å². The van der Waals surface area contributed by atoms with Crippen molar-refractivity contribution in [2.75, 3.05) is 14.2 Å². The van der Waals surface area contributed by atoms with Crippen molar-refractivity contribution in [3.05, 3.63) is 185 Å². The van der Waals surface area contributed by atoms with Crippen molar-refractivity contribution < 1.29 is 19.1 Å². The van der Waals surface area contributed by atoms with E-state index in [1.54, 1.807) is 50.3 Å². The van der Waals surface area contributed by atoms with Crippen LogP contribution in [0, 0.1) is 22.7 Å². The molecular weight excluding hydrogens is 572 g/mol. The van der Waals surface area contributed by atoms with Crippen LogP contribution in [-0.4, -0.2) is 26.2 Å². The third kappa shape index (κ3) is 57.6. The van der Waals surface area contributed by atoms with Crippen LogP contribution in [-0.2, 0) is 19.1 Å². The SMILES string of the molecule is C=C(C)C(=O)OC.C=C(C)C(=O)OC.C=CC#N.C=CC#N.C=CC=C.C=CC=C.C=Cc1ccccc1.C=Cc1ccccc1. The Bertz CT molecular complexity index is 1130. The summed E-state index contributed by atoms with van der Waals surface area (Å²) in [4.78, 5) is 20.4. The number of allylic oxidation sites excluding steroid dienone is 6. The molecule has 46 heavy (non-hydrogen) atoms. The van der Waals surface area contributed by atoms with Gasteiger partial charge in [0.2, 0.25) is 0 Å². The predicted octanol–water partition coefficient (Wildman–Crippen LogP) is 10.2. The van der Waals surface area contributed by atoms with Gasteiger partial charge in [-0.15, -0.1) is 0 Å². The molecule has 0 saturated heterocycles. The molecule has 0 fully saturated rings. The zero-order valence-electron chi connectivity index (χ0n) is 28.0. The van der Waals surface area contributed by atoms with Crippen LogP contribution < -0.4 is 0 Å². The number of ether oxygens (including phenoxy) is 2. The first-order chi connectivity index (χ1) is 21.9. The molecule has 0 bridgehead atoms. The maximum absolute atomic E-state index is 10.2. The number of carbonyl (C=O) groups is 2. The van der Waals surface area contributed by atoms with Gasteiger partial charge in [0.05, 0.1) is 26.4 Å². The first-order valence-corrected chi connectivity index (χ1v) is 13.2. The lowest BCUT2D eigenvalue weighted by Gasteiger charge is -1.91. The summed E-state index contributed by atoms with van der Waals surface area (Å²) in [6.45, 7) is 36.9. The number of hydrogen-bond donors (Lipinski definition) is 0. The van der Waals surface area contributed by atoms with Crippen LogP contribution in [0.25, 0.3) is 12.2 Å². The summed E-state index contributed by atoms with van der Waals surface area (Å²) in [6, 6.07) is 23.4. The minimum absolute atomic E-state index is 0.347. The number of benzene rings is 2. The lowest BCUT2D eigenvalue weighted by Crippen LogP contribution is -1.98. The van der Waals surface area contributed by atoms with E-state index in [2.05, 4.69) is 75.3 Å². The van der Waals surface area contributed by atoms with Crippen molar-refractivity contribution in [3.8, 4) is 12.1 Å². The fraction of sp³-hybridized carbons (Fsp3) is 0.100. The average molecular weight is 623 g/mol. The highest BCUT2D eigenvalue weighted by atomic mass is 16.5. The Morgan fingerprint density at radius 3 is 0.848 bits per heavy atom. The molecule has 0 amide bonds. The van der Waals surface area contributed by atoms with Gasteiger partial charge in [0.15, 0.2) is 0 Å². The van der Waals surface area contributed by atoms with Crippen LogP contribution >= 0.6 is 0 Å². The number of esters is 2. The molecule has 0 spiro atoms. The Morgan fingerprint density at radius 1 is 0.565 bits per heavy atom. The van der Waals surface area contributed by atoms with Gasteiger partial charge in [-0.3, -0.25) is 0 Å². The second kappa shape index (κ2) is 48.5. The van der Waals surface area contributed by atoms with Gasteiger partial charge in [0.1, 0.15) is 0 Å². The summed E-state index contributed by atoms with van der Waals surface area (Å²) in [5.74, 6) is -0.694. The zero-order valence-corrected chi connectivity index (χ0v) is 28.0.